The molecule has 1 heteroatoms. The zero-order chi connectivity index (χ0) is 12.3. The highest BCUT2D eigenvalue weighted by Crippen LogP contribution is 2.26. The highest BCUT2D eigenvalue weighted by Gasteiger charge is 2.08. The van der Waals surface area contributed by atoms with Gasteiger partial charge in [0.15, 0.2) is 0 Å². The largest absolute Gasteiger partial charge is 0.0949 e. The minimum Gasteiger partial charge on any atom is -0.0949 e. The zero-order valence-corrected chi connectivity index (χ0v) is 10.9. The molecule has 0 atom stereocenters. The van der Waals surface area contributed by atoms with Gasteiger partial charge in [0.2, 0.25) is 0 Å². The maximum absolute atomic E-state index is 5.88. The third-order valence-corrected chi connectivity index (χ3v) is 3.39. The van der Waals surface area contributed by atoms with E-state index < -0.39 is 0 Å². The van der Waals surface area contributed by atoms with Crippen molar-refractivity contribution in [2.75, 3.05) is 0 Å². The number of hydrogen-bond acceptors (Lipinski definition) is 0. The molecule has 0 nitrogen and oxygen atoms in total. The van der Waals surface area contributed by atoms with Crippen LogP contribution in [0.4, 0.5) is 0 Å². The van der Waals surface area contributed by atoms with Crippen LogP contribution in [0.25, 0.3) is 0 Å². The predicted molar refractivity (Wildman–Crippen MR) is 75.4 cm³/mol. The first-order valence-corrected chi connectivity index (χ1v) is 6.33. The topological polar surface area (TPSA) is 0 Å². The molecule has 0 radical (unpaired) electrons. The van der Waals surface area contributed by atoms with Crippen molar-refractivity contribution in [2.24, 2.45) is 0 Å². The summed E-state index contributed by atoms with van der Waals surface area (Å²) in [6.45, 7) is 6.40. The van der Waals surface area contributed by atoms with Crippen LogP contribution in [0.1, 0.15) is 25.3 Å². The monoisotopic (exact) mass is 244 g/mol. The molecule has 17 heavy (non-hydrogen) atoms. The zero-order valence-electron chi connectivity index (χ0n) is 10.2. The number of allylic oxidation sites excluding steroid dienone is 5. The van der Waals surface area contributed by atoms with E-state index in [1.165, 1.54) is 22.3 Å². The Hall–Kier alpha value is -1.27. The normalized spacial score (nSPS) is 15.2. The first kappa shape index (κ1) is 12.2. The third-order valence-electron chi connectivity index (χ3n) is 3.14. The molecular formula is C16H17Cl. The van der Waals surface area contributed by atoms with Crippen molar-refractivity contribution >= 4 is 11.6 Å². The van der Waals surface area contributed by atoms with E-state index in [2.05, 4.69) is 37.8 Å². The summed E-state index contributed by atoms with van der Waals surface area (Å²) in [5.41, 5.74) is 5.23. The molecule has 0 fully saturated rings. The summed E-state index contributed by atoms with van der Waals surface area (Å²) in [6.07, 6.45) is 7.65. The number of halogens is 1. The van der Waals surface area contributed by atoms with Gasteiger partial charge in [0.1, 0.15) is 0 Å². The lowest BCUT2D eigenvalue weighted by molar-refractivity contribution is 0.936. The highest BCUT2D eigenvalue weighted by atomic mass is 35.5. The summed E-state index contributed by atoms with van der Waals surface area (Å²) in [4.78, 5) is 0. The molecule has 0 bridgehead atoms. The summed E-state index contributed by atoms with van der Waals surface area (Å²) in [5, 5.41) is 0.785. The second-order valence-corrected chi connectivity index (χ2v) is 4.98. The first-order valence-electron chi connectivity index (χ1n) is 5.95. The second-order valence-electron chi connectivity index (χ2n) is 4.54. The Kier molecular flexibility index (Phi) is 3.86. The fourth-order valence-electron chi connectivity index (χ4n) is 2.14. The summed E-state index contributed by atoms with van der Waals surface area (Å²) in [7, 11) is 0. The first-order chi connectivity index (χ1) is 8.16. The van der Waals surface area contributed by atoms with Gasteiger partial charge in [-0.25, -0.2) is 0 Å². The van der Waals surface area contributed by atoms with Gasteiger partial charge < -0.3 is 0 Å². The molecule has 0 saturated carbocycles. The van der Waals surface area contributed by atoms with Crippen LogP contribution in [0.3, 0.4) is 0 Å². The van der Waals surface area contributed by atoms with Crippen molar-refractivity contribution in [3.63, 3.8) is 0 Å². The van der Waals surface area contributed by atoms with Gasteiger partial charge in [-0.05, 0) is 55.0 Å². The Labute approximate surface area is 108 Å². The fraction of sp³-hybridized carbons (Fsp3) is 0.250. The van der Waals surface area contributed by atoms with E-state index in [-0.39, 0.29) is 0 Å². The standard InChI is InChI=1S/C16H17Cl/c1-12-5-3-4-6-16(12)13(2)11-14-7-9-15(17)10-8-14/h4,6-10H,2-3,5,11H2,1H3. The minimum absolute atomic E-state index is 0.785. The quantitative estimate of drug-likeness (QED) is 0.694. The third kappa shape index (κ3) is 3.10. The molecule has 0 aromatic heterocycles. The maximum atomic E-state index is 5.88. The molecular weight excluding hydrogens is 228 g/mol. The Morgan fingerprint density at radius 2 is 2.00 bits per heavy atom. The van der Waals surface area contributed by atoms with Gasteiger partial charge in [0.05, 0.1) is 0 Å². The lowest BCUT2D eigenvalue weighted by Gasteiger charge is -2.15. The molecule has 1 aromatic carbocycles. The SMILES string of the molecule is C=C(Cc1ccc(Cl)cc1)C1=C(C)CCC=C1. The van der Waals surface area contributed by atoms with Gasteiger partial charge in [0.25, 0.3) is 0 Å². The molecule has 0 saturated heterocycles. The number of hydrogen-bond donors (Lipinski definition) is 0. The average molecular weight is 245 g/mol. The number of benzene rings is 1. The van der Waals surface area contributed by atoms with Crippen molar-refractivity contribution in [3.05, 3.63) is 70.3 Å². The minimum atomic E-state index is 0.785. The molecule has 1 aliphatic carbocycles. The van der Waals surface area contributed by atoms with Crippen LogP contribution >= 0.6 is 11.6 Å². The molecule has 0 aliphatic heterocycles. The summed E-state index contributed by atoms with van der Waals surface area (Å²) < 4.78 is 0. The van der Waals surface area contributed by atoms with Crippen LogP contribution in [-0.4, -0.2) is 0 Å². The van der Waals surface area contributed by atoms with Crippen LogP contribution in [0.2, 0.25) is 5.02 Å². The van der Waals surface area contributed by atoms with E-state index in [9.17, 15) is 0 Å². The van der Waals surface area contributed by atoms with Gasteiger partial charge >= 0.3 is 0 Å². The van der Waals surface area contributed by atoms with Crippen molar-refractivity contribution in [3.8, 4) is 0 Å². The smallest absolute Gasteiger partial charge is 0.0406 e. The van der Waals surface area contributed by atoms with E-state index in [0.717, 1.165) is 24.3 Å². The summed E-state index contributed by atoms with van der Waals surface area (Å²) >= 11 is 5.88. The van der Waals surface area contributed by atoms with Gasteiger partial charge in [-0.3, -0.25) is 0 Å². The Morgan fingerprint density at radius 1 is 1.29 bits per heavy atom. The number of rotatable bonds is 3. The Balaban J connectivity index is 2.12. The van der Waals surface area contributed by atoms with Crippen LogP contribution in [0.15, 0.2) is 59.7 Å². The van der Waals surface area contributed by atoms with E-state index in [0.29, 0.717) is 0 Å². The molecule has 0 heterocycles. The van der Waals surface area contributed by atoms with Crippen LogP contribution < -0.4 is 0 Å². The lowest BCUT2D eigenvalue weighted by Crippen LogP contribution is -1.98. The van der Waals surface area contributed by atoms with E-state index in [4.69, 9.17) is 11.6 Å². The summed E-state index contributed by atoms with van der Waals surface area (Å²) in [6, 6.07) is 8.00. The lowest BCUT2D eigenvalue weighted by atomic mass is 9.91. The molecule has 0 N–H and O–H groups in total. The van der Waals surface area contributed by atoms with Gasteiger partial charge in [-0.2, -0.15) is 0 Å². The van der Waals surface area contributed by atoms with Crippen LogP contribution in [0.5, 0.6) is 0 Å². The van der Waals surface area contributed by atoms with Gasteiger partial charge in [0, 0.05) is 5.02 Å². The highest BCUT2D eigenvalue weighted by molar-refractivity contribution is 6.30. The van der Waals surface area contributed by atoms with E-state index in [1.54, 1.807) is 0 Å². The fourth-order valence-corrected chi connectivity index (χ4v) is 2.27. The van der Waals surface area contributed by atoms with Gasteiger partial charge in [-0.1, -0.05) is 48.0 Å². The Morgan fingerprint density at radius 3 is 2.65 bits per heavy atom. The Bertz CT molecular complexity index is 475. The molecule has 0 spiro atoms. The molecule has 1 aliphatic rings. The predicted octanol–water partition coefficient (Wildman–Crippen LogP) is 5.11. The van der Waals surface area contributed by atoms with Gasteiger partial charge in [-0.15, -0.1) is 0 Å². The second kappa shape index (κ2) is 5.37. The van der Waals surface area contributed by atoms with E-state index in [1.807, 2.05) is 12.1 Å². The molecule has 1 aromatic rings. The average Bonchev–Trinajstić information content (AvgIpc) is 2.32. The maximum Gasteiger partial charge on any atom is 0.0406 e. The van der Waals surface area contributed by atoms with Crippen molar-refractivity contribution in [1.82, 2.24) is 0 Å². The van der Waals surface area contributed by atoms with Crippen molar-refractivity contribution in [1.29, 1.82) is 0 Å². The molecule has 88 valence electrons. The van der Waals surface area contributed by atoms with Crippen LogP contribution in [0, 0.1) is 0 Å². The summed E-state index contributed by atoms with van der Waals surface area (Å²) in [5.74, 6) is 0. The van der Waals surface area contributed by atoms with Crippen molar-refractivity contribution in [2.45, 2.75) is 26.2 Å². The molecule has 2 rings (SSSR count). The molecule has 0 unspecified atom stereocenters. The van der Waals surface area contributed by atoms with E-state index >= 15 is 0 Å². The van der Waals surface area contributed by atoms with Crippen LogP contribution in [-0.2, 0) is 6.42 Å². The molecule has 0 amide bonds. The van der Waals surface area contributed by atoms with Crippen molar-refractivity contribution < 1.29 is 0 Å².